The molecule has 0 spiro atoms. The Labute approximate surface area is 208 Å². The normalized spacial score (nSPS) is 14.3. The molecule has 1 aliphatic rings. The summed E-state index contributed by atoms with van der Waals surface area (Å²) in [4.78, 5) is 35.7. The second-order valence-corrected chi connectivity index (χ2v) is 8.71. The van der Waals surface area contributed by atoms with E-state index in [0.29, 0.717) is 20.5 Å². The van der Waals surface area contributed by atoms with Gasteiger partial charge in [0.25, 0.3) is 11.6 Å². The number of thioether (sulfide) groups is 1. The molecule has 35 heavy (non-hydrogen) atoms. The third-order valence-electron chi connectivity index (χ3n) is 4.86. The Kier molecular flexibility index (Phi) is 6.75. The number of hydrogen-bond acceptors (Lipinski definition) is 9. The quantitative estimate of drug-likeness (QED) is 0.170. The Balaban J connectivity index is 1.62. The summed E-state index contributed by atoms with van der Waals surface area (Å²) in [6, 6.07) is 16.9. The predicted octanol–water partition coefficient (Wildman–Crippen LogP) is 5.71. The summed E-state index contributed by atoms with van der Waals surface area (Å²) >= 11 is 6.55. The van der Waals surface area contributed by atoms with E-state index in [9.17, 15) is 25.0 Å². The zero-order valence-electron chi connectivity index (χ0n) is 17.9. The van der Waals surface area contributed by atoms with Gasteiger partial charge in [-0.05, 0) is 42.0 Å². The van der Waals surface area contributed by atoms with Gasteiger partial charge in [0, 0.05) is 6.07 Å². The van der Waals surface area contributed by atoms with Crippen LogP contribution in [-0.2, 0) is 4.79 Å². The summed E-state index contributed by atoms with van der Waals surface area (Å²) in [5.41, 5.74) is 0.291. The van der Waals surface area contributed by atoms with Gasteiger partial charge in [-0.1, -0.05) is 48.2 Å². The number of benzene rings is 3. The van der Waals surface area contributed by atoms with E-state index in [1.807, 2.05) is 18.2 Å². The van der Waals surface area contributed by atoms with Gasteiger partial charge in [0.1, 0.15) is 0 Å². The maximum absolute atomic E-state index is 12.9. The average Bonchev–Trinajstić information content (AvgIpc) is 3.12. The van der Waals surface area contributed by atoms with Crippen molar-refractivity contribution < 1.29 is 24.1 Å². The van der Waals surface area contributed by atoms with Gasteiger partial charge in [0.15, 0.2) is 15.8 Å². The van der Waals surface area contributed by atoms with E-state index >= 15 is 0 Å². The number of nitro groups is 2. The molecule has 3 aromatic rings. The summed E-state index contributed by atoms with van der Waals surface area (Å²) in [5.74, 6) is -0.0502. The van der Waals surface area contributed by atoms with Crippen LogP contribution in [0.3, 0.4) is 0 Å². The molecule has 0 radical (unpaired) electrons. The Bertz CT molecular complexity index is 1390. The van der Waals surface area contributed by atoms with Gasteiger partial charge >= 0.3 is 5.69 Å². The van der Waals surface area contributed by atoms with Crippen molar-refractivity contribution in [2.24, 2.45) is 0 Å². The van der Waals surface area contributed by atoms with Crippen molar-refractivity contribution in [1.82, 2.24) is 0 Å². The smallest absolute Gasteiger partial charge is 0.318 e. The predicted molar refractivity (Wildman–Crippen MR) is 135 cm³/mol. The van der Waals surface area contributed by atoms with Gasteiger partial charge < -0.3 is 9.47 Å². The Morgan fingerprint density at radius 1 is 0.943 bits per heavy atom. The van der Waals surface area contributed by atoms with Crippen LogP contribution in [0, 0.1) is 20.2 Å². The van der Waals surface area contributed by atoms with Crippen molar-refractivity contribution in [3.05, 3.63) is 97.4 Å². The number of methoxy groups -OCH3 is 1. The number of hydrogen-bond donors (Lipinski definition) is 0. The number of ether oxygens (including phenoxy) is 2. The minimum atomic E-state index is -0.766. The first-order valence-corrected chi connectivity index (χ1v) is 11.1. The molecule has 0 atom stereocenters. The van der Waals surface area contributed by atoms with Crippen molar-refractivity contribution in [2.45, 2.75) is 0 Å². The van der Waals surface area contributed by atoms with Gasteiger partial charge in [-0.3, -0.25) is 29.9 Å². The lowest BCUT2D eigenvalue weighted by atomic mass is 10.1. The van der Waals surface area contributed by atoms with E-state index in [-0.39, 0.29) is 23.2 Å². The van der Waals surface area contributed by atoms with Crippen molar-refractivity contribution >= 4 is 57.3 Å². The van der Waals surface area contributed by atoms with Crippen molar-refractivity contribution in [3.8, 4) is 17.2 Å². The number of rotatable bonds is 7. The molecule has 12 heteroatoms. The molecule has 3 aromatic carbocycles. The minimum absolute atomic E-state index is 0.151. The molecule has 1 amide bonds. The first kappa shape index (κ1) is 23.9. The second kappa shape index (κ2) is 9.91. The second-order valence-electron chi connectivity index (χ2n) is 7.03. The number of para-hydroxylation sites is 1. The highest BCUT2D eigenvalue weighted by molar-refractivity contribution is 8.27. The lowest BCUT2D eigenvalue weighted by molar-refractivity contribution is -0.394. The molecule has 0 unspecified atom stereocenters. The largest absolute Gasteiger partial charge is 0.493 e. The van der Waals surface area contributed by atoms with Crippen LogP contribution in [0.1, 0.15) is 5.56 Å². The zero-order chi connectivity index (χ0) is 25.1. The van der Waals surface area contributed by atoms with Crippen LogP contribution < -0.4 is 14.4 Å². The van der Waals surface area contributed by atoms with Crippen molar-refractivity contribution in [3.63, 3.8) is 0 Å². The number of carbonyl (C=O) groups is 1. The third kappa shape index (κ3) is 4.98. The molecule has 1 saturated heterocycles. The molecule has 0 saturated carbocycles. The topological polar surface area (TPSA) is 125 Å². The van der Waals surface area contributed by atoms with Crippen LogP contribution >= 0.6 is 24.0 Å². The number of thiocarbonyl (C=S) groups is 1. The summed E-state index contributed by atoms with van der Waals surface area (Å²) < 4.78 is 11.4. The Hall–Kier alpha value is -4.29. The van der Waals surface area contributed by atoms with Crippen LogP contribution in [0.5, 0.6) is 17.2 Å². The molecular formula is C23H15N3O7S2. The fourth-order valence-corrected chi connectivity index (χ4v) is 4.54. The van der Waals surface area contributed by atoms with Gasteiger partial charge in [-0.15, -0.1) is 0 Å². The van der Waals surface area contributed by atoms with Gasteiger partial charge in [-0.25, -0.2) is 0 Å². The molecule has 1 aliphatic heterocycles. The maximum atomic E-state index is 12.9. The highest BCUT2D eigenvalue weighted by Crippen LogP contribution is 2.40. The van der Waals surface area contributed by atoms with E-state index in [4.69, 9.17) is 21.7 Å². The fraction of sp³-hybridized carbons (Fsp3) is 0.0435. The van der Waals surface area contributed by atoms with E-state index < -0.39 is 21.2 Å². The Morgan fingerprint density at radius 3 is 2.31 bits per heavy atom. The van der Waals surface area contributed by atoms with Gasteiger partial charge in [0.05, 0.1) is 33.6 Å². The minimum Gasteiger partial charge on any atom is -0.493 e. The summed E-state index contributed by atoms with van der Waals surface area (Å²) in [6.07, 6.45) is 1.66. The van der Waals surface area contributed by atoms with Crippen molar-refractivity contribution in [2.75, 3.05) is 12.0 Å². The van der Waals surface area contributed by atoms with Gasteiger partial charge in [0.2, 0.25) is 5.75 Å². The number of amides is 1. The van der Waals surface area contributed by atoms with Crippen LogP contribution in [0.25, 0.3) is 6.08 Å². The molecule has 0 bridgehead atoms. The van der Waals surface area contributed by atoms with Crippen LogP contribution in [0.2, 0.25) is 0 Å². The van der Waals surface area contributed by atoms with E-state index in [0.717, 1.165) is 18.2 Å². The fourth-order valence-electron chi connectivity index (χ4n) is 3.24. The average molecular weight is 510 g/mol. The molecule has 0 N–H and O–H groups in total. The van der Waals surface area contributed by atoms with E-state index in [1.165, 1.54) is 29.8 Å². The van der Waals surface area contributed by atoms with Gasteiger partial charge in [-0.2, -0.15) is 0 Å². The molecule has 10 nitrogen and oxygen atoms in total. The first-order valence-electron chi connectivity index (χ1n) is 9.90. The number of nitro benzene ring substituents is 2. The molecule has 176 valence electrons. The molecule has 1 heterocycles. The van der Waals surface area contributed by atoms with E-state index in [1.54, 1.807) is 30.3 Å². The van der Waals surface area contributed by atoms with E-state index in [2.05, 4.69) is 0 Å². The third-order valence-corrected chi connectivity index (χ3v) is 6.17. The molecule has 4 rings (SSSR count). The Morgan fingerprint density at radius 2 is 1.66 bits per heavy atom. The SMILES string of the molecule is COc1cc(C=C2SC(=S)N(c3ccccc3)C2=O)ccc1Oc1ccc([N+](=O)[O-])cc1[N+](=O)[O-]. The molecule has 0 aromatic heterocycles. The summed E-state index contributed by atoms with van der Waals surface area (Å²) in [6.45, 7) is 0. The lowest BCUT2D eigenvalue weighted by Gasteiger charge is -2.13. The maximum Gasteiger partial charge on any atom is 0.318 e. The standard InChI is InChI=1S/C23H15N3O7S2/c1-32-20-11-14(12-21-22(27)24(23(34)35-21)15-5-3-2-4-6-15)7-9-19(20)33-18-10-8-16(25(28)29)13-17(18)26(30)31/h2-13H,1H3. The van der Waals surface area contributed by atoms with Crippen LogP contribution in [0.15, 0.2) is 71.6 Å². The highest BCUT2D eigenvalue weighted by atomic mass is 32.2. The van der Waals surface area contributed by atoms with Crippen molar-refractivity contribution in [1.29, 1.82) is 0 Å². The molecule has 0 aliphatic carbocycles. The van der Waals surface area contributed by atoms with Crippen LogP contribution in [-0.4, -0.2) is 27.2 Å². The molecule has 1 fully saturated rings. The summed E-state index contributed by atoms with van der Waals surface area (Å²) in [7, 11) is 1.39. The number of carbonyl (C=O) groups excluding carboxylic acids is 1. The zero-order valence-corrected chi connectivity index (χ0v) is 19.6. The first-order chi connectivity index (χ1) is 16.8. The number of nitrogens with zero attached hydrogens (tertiary/aromatic N) is 3. The summed E-state index contributed by atoms with van der Waals surface area (Å²) in [5, 5.41) is 22.3. The highest BCUT2D eigenvalue weighted by Gasteiger charge is 2.33. The lowest BCUT2D eigenvalue weighted by Crippen LogP contribution is -2.27. The number of non-ortho nitro benzene ring substituents is 1. The van der Waals surface area contributed by atoms with Crippen LogP contribution in [0.4, 0.5) is 17.1 Å². The molecular weight excluding hydrogens is 494 g/mol. The number of anilines is 1. The monoisotopic (exact) mass is 509 g/mol.